The maximum Gasteiger partial charge on any atom is 0.343 e. The number of thiophene rings is 1. The number of carbonyl (C=O) groups is 1. The molecule has 2 N–H and O–H groups in total. The van der Waals surface area contributed by atoms with E-state index >= 15 is 0 Å². The minimum atomic E-state index is -0.547. The number of aliphatic hydroxyl groups excluding tert-OH is 1. The zero-order valence-electron chi connectivity index (χ0n) is 14.1. The van der Waals surface area contributed by atoms with Crippen molar-refractivity contribution in [2.24, 2.45) is 0 Å². The number of rotatable bonds is 11. The number of hydrogen-bond acceptors (Lipinski definition) is 7. The van der Waals surface area contributed by atoms with E-state index < -0.39 is 12.1 Å². The van der Waals surface area contributed by atoms with Gasteiger partial charge in [0.15, 0.2) is 6.61 Å². The van der Waals surface area contributed by atoms with Crippen LogP contribution in [0.2, 0.25) is 0 Å². The molecular weight excluding hydrogens is 342 g/mol. The first-order chi connectivity index (χ1) is 12.2. The first-order valence-corrected chi connectivity index (χ1v) is 8.94. The van der Waals surface area contributed by atoms with Gasteiger partial charge in [-0.3, -0.25) is 0 Å². The minimum absolute atomic E-state index is 0.0945. The second-order valence-corrected chi connectivity index (χ2v) is 6.17. The summed E-state index contributed by atoms with van der Waals surface area (Å²) in [5.74, 6) is 1.01. The van der Waals surface area contributed by atoms with Crippen molar-refractivity contribution < 1.29 is 24.1 Å². The molecule has 0 saturated carbocycles. The van der Waals surface area contributed by atoms with Crippen LogP contribution in [0.5, 0.6) is 11.5 Å². The summed E-state index contributed by atoms with van der Waals surface area (Å²) in [6.45, 7) is 1.40. The van der Waals surface area contributed by atoms with Gasteiger partial charge in [0, 0.05) is 11.9 Å². The highest BCUT2D eigenvalue weighted by atomic mass is 32.1. The molecule has 0 radical (unpaired) electrons. The van der Waals surface area contributed by atoms with E-state index in [1.54, 1.807) is 11.3 Å². The van der Waals surface area contributed by atoms with Gasteiger partial charge in [0.25, 0.3) is 0 Å². The highest BCUT2D eigenvalue weighted by Gasteiger charge is 2.05. The lowest BCUT2D eigenvalue weighted by Gasteiger charge is -2.12. The molecule has 25 heavy (non-hydrogen) atoms. The van der Waals surface area contributed by atoms with Gasteiger partial charge in [-0.15, -0.1) is 11.3 Å². The Labute approximate surface area is 151 Å². The Bertz CT molecular complexity index is 615. The van der Waals surface area contributed by atoms with Crippen molar-refractivity contribution in [3.05, 3.63) is 46.7 Å². The Hall–Kier alpha value is -2.09. The highest BCUT2D eigenvalue weighted by Crippen LogP contribution is 2.15. The molecule has 2 aromatic rings. The molecule has 0 spiro atoms. The van der Waals surface area contributed by atoms with Crippen LogP contribution in [0.4, 0.5) is 0 Å². The summed E-state index contributed by atoms with van der Waals surface area (Å²) in [6.07, 6.45) is 0.282. The van der Waals surface area contributed by atoms with Crippen molar-refractivity contribution >= 4 is 17.3 Å². The smallest absolute Gasteiger partial charge is 0.343 e. The molecule has 0 fully saturated rings. The van der Waals surface area contributed by atoms with Gasteiger partial charge in [-0.2, -0.15) is 0 Å². The van der Waals surface area contributed by atoms with Gasteiger partial charge < -0.3 is 24.6 Å². The molecule has 0 aliphatic carbocycles. The summed E-state index contributed by atoms with van der Waals surface area (Å²) in [4.78, 5) is 11.0. The molecule has 1 aromatic heterocycles. The zero-order chi connectivity index (χ0) is 17.9. The van der Waals surface area contributed by atoms with Crippen molar-refractivity contribution in [3.63, 3.8) is 0 Å². The monoisotopic (exact) mass is 365 g/mol. The van der Waals surface area contributed by atoms with E-state index in [-0.39, 0.29) is 13.2 Å². The second-order valence-electron chi connectivity index (χ2n) is 5.39. The first kappa shape index (κ1) is 19.2. The quantitative estimate of drug-likeness (QED) is 0.468. The van der Waals surface area contributed by atoms with Crippen molar-refractivity contribution in [1.82, 2.24) is 5.32 Å². The second kappa shape index (κ2) is 10.7. The fourth-order valence-electron chi connectivity index (χ4n) is 2.04. The molecule has 0 aliphatic rings. The third kappa shape index (κ3) is 7.55. The predicted molar refractivity (Wildman–Crippen MR) is 96.3 cm³/mol. The molecule has 0 bridgehead atoms. The van der Waals surface area contributed by atoms with Gasteiger partial charge in [-0.05, 0) is 42.1 Å². The van der Waals surface area contributed by atoms with Gasteiger partial charge in [0.2, 0.25) is 0 Å². The third-order valence-corrected chi connectivity index (χ3v) is 4.08. The van der Waals surface area contributed by atoms with E-state index in [0.29, 0.717) is 12.3 Å². The number of carbonyl (C=O) groups excluding carboxylic acids is 1. The van der Waals surface area contributed by atoms with Crippen LogP contribution in [0, 0.1) is 0 Å². The topological polar surface area (TPSA) is 77.0 Å². The van der Waals surface area contributed by atoms with Crippen LogP contribution in [0.15, 0.2) is 41.1 Å². The maximum atomic E-state index is 11.0. The van der Waals surface area contributed by atoms with E-state index in [2.05, 4.69) is 10.1 Å². The summed E-state index contributed by atoms with van der Waals surface area (Å²) < 4.78 is 15.3. The molecule has 1 atom stereocenters. The van der Waals surface area contributed by atoms with E-state index in [1.165, 1.54) is 7.11 Å². The maximum absolute atomic E-state index is 11.0. The lowest BCUT2D eigenvalue weighted by molar-refractivity contribution is -0.142. The van der Waals surface area contributed by atoms with E-state index in [9.17, 15) is 9.90 Å². The third-order valence-electron chi connectivity index (χ3n) is 3.42. The number of aliphatic hydroxyl groups is 1. The Morgan fingerprint density at radius 1 is 1.20 bits per heavy atom. The van der Waals surface area contributed by atoms with Crippen LogP contribution in [-0.4, -0.2) is 50.6 Å². The molecule has 6 nitrogen and oxygen atoms in total. The minimum Gasteiger partial charge on any atom is -0.490 e. The van der Waals surface area contributed by atoms with Crippen LogP contribution in [0.3, 0.4) is 0 Å². The van der Waals surface area contributed by atoms with Gasteiger partial charge >= 0.3 is 5.97 Å². The number of benzene rings is 1. The summed E-state index contributed by atoms with van der Waals surface area (Å²) in [5, 5.41) is 16.9. The molecule has 0 saturated heterocycles. The van der Waals surface area contributed by atoms with Crippen LogP contribution in [0.1, 0.15) is 5.56 Å². The zero-order valence-corrected chi connectivity index (χ0v) is 15.0. The van der Waals surface area contributed by atoms with Gasteiger partial charge in [-0.1, -0.05) is 12.1 Å². The van der Waals surface area contributed by atoms with Gasteiger partial charge in [-0.25, -0.2) is 4.79 Å². The lowest BCUT2D eigenvalue weighted by Crippen LogP contribution is -2.32. The molecule has 1 heterocycles. The van der Waals surface area contributed by atoms with Crippen molar-refractivity contribution in [1.29, 1.82) is 0 Å². The van der Waals surface area contributed by atoms with Crippen molar-refractivity contribution in [2.75, 3.05) is 33.4 Å². The molecule has 2 rings (SSSR count). The number of methoxy groups -OCH3 is 1. The van der Waals surface area contributed by atoms with Crippen LogP contribution >= 0.6 is 11.3 Å². The van der Waals surface area contributed by atoms with E-state index in [1.807, 2.05) is 41.1 Å². The Balaban J connectivity index is 1.58. The standard InChI is InChI=1S/C18H23NO5S/c1-22-18(21)12-24-16-4-2-14(3-5-16)6-8-19-10-15(20)11-23-17-7-9-25-13-17/h2-5,7,9,13,15,19-20H,6,8,10-12H2,1H3. The van der Waals surface area contributed by atoms with Crippen LogP contribution in [0.25, 0.3) is 0 Å². The fraction of sp³-hybridized carbons (Fsp3) is 0.389. The number of ether oxygens (including phenoxy) is 3. The molecule has 7 heteroatoms. The summed E-state index contributed by atoms with van der Waals surface area (Å²) in [7, 11) is 1.33. The van der Waals surface area contributed by atoms with E-state index in [0.717, 1.165) is 24.3 Å². The summed E-state index contributed by atoms with van der Waals surface area (Å²) >= 11 is 1.56. The molecule has 1 aromatic carbocycles. The average Bonchev–Trinajstić information content (AvgIpc) is 3.16. The van der Waals surface area contributed by atoms with Crippen molar-refractivity contribution in [3.8, 4) is 11.5 Å². The predicted octanol–water partition coefficient (Wildman–Crippen LogP) is 1.87. The highest BCUT2D eigenvalue weighted by molar-refractivity contribution is 7.08. The molecular formula is C18H23NO5S. The van der Waals surface area contributed by atoms with Gasteiger partial charge in [0.05, 0.1) is 7.11 Å². The largest absolute Gasteiger partial charge is 0.490 e. The van der Waals surface area contributed by atoms with Crippen LogP contribution < -0.4 is 14.8 Å². The van der Waals surface area contributed by atoms with Crippen molar-refractivity contribution in [2.45, 2.75) is 12.5 Å². The average molecular weight is 365 g/mol. The summed E-state index contributed by atoms with van der Waals surface area (Å²) in [6, 6.07) is 9.42. The Morgan fingerprint density at radius 3 is 2.68 bits per heavy atom. The molecule has 0 amide bonds. The Morgan fingerprint density at radius 2 is 2.00 bits per heavy atom. The Kier molecular flexibility index (Phi) is 8.24. The SMILES string of the molecule is COC(=O)COc1ccc(CCNCC(O)COc2ccsc2)cc1. The first-order valence-electron chi connectivity index (χ1n) is 7.99. The van der Waals surface area contributed by atoms with Gasteiger partial charge in [0.1, 0.15) is 24.2 Å². The van der Waals surface area contributed by atoms with E-state index in [4.69, 9.17) is 9.47 Å². The fourth-order valence-corrected chi connectivity index (χ4v) is 2.61. The number of esters is 1. The summed E-state index contributed by atoms with van der Waals surface area (Å²) in [5.41, 5.74) is 1.14. The molecule has 136 valence electrons. The molecule has 1 unspecified atom stereocenters. The number of hydrogen-bond donors (Lipinski definition) is 2. The number of nitrogens with one attached hydrogen (secondary N) is 1. The van der Waals surface area contributed by atoms with Crippen LogP contribution in [-0.2, 0) is 16.0 Å². The molecule has 0 aliphatic heterocycles. The lowest BCUT2D eigenvalue weighted by atomic mass is 10.1. The normalized spacial score (nSPS) is 11.8.